The maximum atomic E-state index is 12.3. The number of hydrogen-bond donors (Lipinski definition) is 2. The Morgan fingerprint density at radius 3 is 2.40 bits per heavy atom. The van der Waals surface area contributed by atoms with E-state index in [1.54, 1.807) is 23.5 Å². The molecule has 30 heavy (non-hydrogen) atoms. The molecule has 1 heterocycles. The zero-order chi connectivity index (χ0) is 21.3. The average Bonchev–Trinajstić information content (AvgIpc) is 3.11. The molecule has 0 fully saturated rings. The number of fused-ring (bicyclic) bond motifs is 1. The number of primary sulfonamides is 1. The van der Waals surface area contributed by atoms with Crippen molar-refractivity contribution in [3.63, 3.8) is 0 Å². The number of aryl methyl sites for hydroxylation is 1. The Balaban J connectivity index is 1.43. The van der Waals surface area contributed by atoms with Gasteiger partial charge in [0.1, 0.15) is 5.01 Å². The van der Waals surface area contributed by atoms with Crippen molar-refractivity contribution in [1.29, 1.82) is 0 Å². The third kappa shape index (κ3) is 4.56. The van der Waals surface area contributed by atoms with E-state index in [0.717, 1.165) is 20.8 Å². The first-order chi connectivity index (χ1) is 14.3. The minimum Gasteiger partial charge on any atom is -0.326 e. The number of nitrogens with zero attached hydrogens (tertiary/aromatic N) is 1. The van der Waals surface area contributed by atoms with Gasteiger partial charge in [-0.05, 0) is 66.6 Å². The van der Waals surface area contributed by atoms with Gasteiger partial charge in [0.25, 0.3) is 0 Å². The van der Waals surface area contributed by atoms with E-state index in [-0.39, 0.29) is 17.2 Å². The zero-order valence-corrected chi connectivity index (χ0v) is 17.8. The van der Waals surface area contributed by atoms with Crippen molar-refractivity contribution in [2.24, 2.45) is 5.14 Å². The van der Waals surface area contributed by atoms with Gasteiger partial charge in [0.05, 0.1) is 21.5 Å². The molecule has 0 atom stereocenters. The van der Waals surface area contributed by atoms with E-state index in [1.807, 2.05) is 36.4 Å². The number of hydrogen-bond acceptors (Lipinski definition) is 5. The monoisotopic (exact) mass is 437 g/mol. The van der Waals surface area contributed by atoms with E-state index < -0.39 is 10.0 Å². The topological polar surface area (TPSA) is 102 Å². The summed E-state index contributed by atoms with van der Waals surface area (Å²) in [5, 5.41) is 8.86. The number of amides is 1. The van der Waals surface area contributed by atoms with E-state index in [1.165, 1.54) is 17.7 Å². The predicted molar refractivity (Wildman–Crippen MR) is 120 cm³/mol. The van der Waals surface area contributed by atoms with Crippen LogP contribution in [0.1, 0.15) is 11.1 Å². The molecule has 4 rings (SSSR count). The van der Waals surface area contributed by atoms with E-state index in [2.05, 4.69) is 23.3 Å². The lowest BCUT2D eigenvalue weighted by molar-refractivity contribution is -0.115. The van der Waals surface area contributed by atoms with Gasteiger partial charge >= 0.3 is 0 Å². The number of sulfonamides is 1. The Bertz CT molecular complexity index is 1330. The van der Waals surface area contributed by atoms with Crippen LogP contribution in [-0.4, -0.2) is 19.3 Å². The lowest BCUT2D eigenvalue weighted by Gasteiger charge is -2.07. The molecule has 6 nitrogen and oxygen atoms in total. The molecule has 0 saturated heterocycles. The molecule has 0 bridgehead atoms. The van der Waals surface area contributed by atoms with Gasteiger partial charge in [0, 0.05) is 11.3 Å². The highest BCUT2D eigenvalue weighted by Crippen LogP contribution is 2.31. The largest absolute Gasteiger partial charge is 0.326 e. The quantitative estimate of drug-likeness (QED) is 0.491. The van der Waals surface area contributed by atoms with Crippen LogP contribution in [0.2, 0.25) is 0 Å². The number of nitrogens with two attached hydrogens (primary N) is 1. The fraction of sp³-hybridized carbons (Fsp3) is 0.0909. The van der Waals surface area contributed by atoms with Crippen LogP contribution < -0.4 is 10.5 Å². The van der Waals surface area contributed by atoms with Gasteiger partial charge in [-0.3, -0.25) is 4.79 Å². The minimum atomic E-state index is -3.74. The zero-order valence-electron chi connectivity index (χ0n) is 16.1. The van der Waals surface area contributed by atoms with Crippen molar-refractivity contribution in [3.8, 4) is 10.6 Å². The first-order valence-corrected chi connectivity index (χ1v) is 11.5. The van der Waals surface area contributed by atoms with Crippen molar-refractivity contribution in [1.82, 2.24) is 4.98 Å². The molecule has 0 aliphatic rings. The summed E-state index contributed by atoms with van der Waals surface area (Å²) in [5.41, 5.74) is 4.55. The highest BCUT2D eigenvalue weighted by atomic mass is 32.2. The number of carbonyl (C=O) groups excluding carboxylic acids is 1. The normalized spacial score (nSPS) is 11.5. The van der Waals surface area contributed by atoms with Crippen LogP contribution in [0.15, 0.2) is 71.6 Å². The summed E-state index contributed by atoms with van der Waals surface area (Å²) in [6.07, 6.45) is 0.129. The summed E-state index contributed by atoms with van der Waals surface area (Å²) in [6.45, 7) is 2.06. The minimum absolute atomic E-state index is 0.0206. The molecule has 4 aromatic rings. The summed E-state index contributed by atoms with van der Waals surface area (Å²) >= 11 is 1.64. The molecule has 0 spiro atoms. The van der Waals surface area contributed by atoms with E-state index in [9.17, 15) is 13.2 Å². The predicted octanol–water partition coefficient (Wildman–Crippen LogP) is 4.10. The molecule has 0 aliphatic carbocycles. The van der Waals surface area contributed by atoms with Crippen LogP contribution in [0.3, 0.4) is 0 Å². The molecule has 3 N–H and O–H groups in total. The molecule has 1 amide bonds. The van der Waals surface area contributed by atoms with Crippen molar-refractivity contribution < 1.29 is 13.2 Å². The highest BCUT2D eigenvalue weighted by molar-refractivity contribution is 7.89. The first-order valence-electron chi connectivity index (χ1n) is 9.17. The highest BCUT2D eigenvalue weighted by Gasteiger charge is 2.10. The molecule has 152 valence electrons. The second-order valence-corrected chi connectivity index (χ2v) is 9.57. The molecule has 0 saturated carbocycles. The van der Waals surface area contributed by atoms with Gasteiger partial charge in [-0.2, -0.15) is 0 Å². The number of nitrogens with one attached hydrogen (secondary N) is 1. The lowest BCUT2D eigenvalue weighted by Crippen LogP contribution is -2.15. The van der Waals surface area contributed by atoms with Crippen LogP contribution in [0.4, 0.5) is 5.69 Å². The van der Waals surface area contributed by atoms with Crippen LogP contribution in [0.25, 0.3) is 20.8 Å². The molecule has 3 aromatic carbocycles. The molecule has 1 aromatic heterocycles. The second-order valence-electron chi connectivity index (χ2n) is 6.98. The lowest BCUT2D eigenvalue weighted by atomic mass is 10.1. The fourth-order valence-electron chi connectivity index (χ4n) is 3.04. The molecule has 0 radical (unpaired) electrons. The van der Waals surface area contributed by atoms with Gasteiger partial charge in [0.15, 0.2) is 0 Å². The first kappa shape index (κ1) is 20.2. The van der Waals surface area contributed by atoms with Gasteiger partial charge in [0.2, 0.25) is 15.9 Å². The molecular formula is C22H19N3O3S2. The maximum Gasteiger partial charge on any atom is 0.238 e. The van der Waals surface area contributed by atoms with Crippen LogP contribution >= 0.6 is 11.3 Å². The van der Waals surface area contributed by atoms with Crippen molar-refractivity contribution in [2.45, 2.75) is 18.2 Å². The Morgan fingerprint density at radius 2 is 1.73 bits per heavy atom. The van der Waals surface area contributed by atoms with Crippen molar-refractivity contribution >= 4 is 43.2 Å². The van der Waals surface area contributed by atoms with Gasteiger partial charge in [-0.25, -0.2) is 18.5 Å². The molecule has 8 heteroatoms. The average molecular weight is 438 g/mol. The second kappa shape index (κ2) is 7.98. The summed E-state index contributed by atoms with van der Waals surface area (Å²) in [4.78, 5) is 17.0. The summed E-state index contributed by atoms with van der Waals surface area (Å²) in [6, 6.07) is 19.7. The SMILES string of the molecule is Cc1ccc2nc(-c3ccc(NC(=O)Cc4ccc(S(N)(=O)=O)cc4)cc3)sc2c1. The van der Waals surface area contributed by atoms with Gasteiger partial charge in [-0.15, -0.1) is 11.3 Å². The maximum absolute atomic E-state index is 12.3. The number of thiazole rings is 1. The van der Waals surface area contributed by atoms with E-state index in [4.69, 9.17) is 5.14 Å². The third-order valence-corrected chi connectivity index (χ3v) is 6.57. The van der Waals surface area contributed by atoms with E-state index in [0.29, 0.717) is 11.3 Å². The number of rotatable bonds is 5. The summed E-state index contributed by atoms with van der Waals surface area (Å²) in [7, 11) is -3.74. The number of aromatic nitrogens is 1. The Hall–Kier alpha value is -3.07. The van der Waals surface area contributed by atoms with Crippen LogP contribution in [-0.2, 0) is 21.2 Å². The summed E-state index contributed by atoms with van der Waals surface area (Å²) in [5.74, 6) is -0.193. The van der Waals surface area contributed by atoms with Crippen LogP contribution in [0, 0.1) is 6.92 Å². The van der Waals surface area contributed by atoms with Gasteiger partial charge < -0.3 is 5.32 Å². The van der Waals surface area contributed by atoms with Gasteiger partial charge in [-0.1, -0.05) is 18.2 Å². The van der Waals surface area contributed by atoms with Crippen molar-refractivity contribution in [2.75, 3.05) is 5.32 Å². The molecular weight excluding hydrogens is 418 g/mol. The Labute approximate surface area is 178 Å². The number of benzene rings is 3. The number of anilines is 1. The van der Waals surface area contributed by atoms with E-state index >= 15 is 0 Å². The van der Waals surface area contributed by atoms with Crippen molar-refractivity contribution in [3.05, 3.63) is 77.9 Å². The Kier molecular flexibility index (Phi) is 5.38. The van der Waals surface area contributed by atoms with Crippen LogP contribution in [0.5, 0.6) is 0 Å². The molecule has 0 unspecified atom stereocenters. The fourth-order valence-corrected chi connectivity index (χ4v) is 4.62. The third-order valence-electron chi connectivity index (χ3n) is 4.58. The number of carbonyl (C=O) groups is 1. The Morgan fingerprint density at radius 1 is 1.03 bits per heavy atom. The molecule has 0 aliphatic heterocycles. The smallest absolute Gasteiger partial charge is 0.238 e. The standard InChI is InChI=1S/C22H19N3O3S2/c1-14-2-11-19-20(12-14)29-22(25-19)16-5-7-17(8-6-16)24-21(26)13-15-3-9-18(10-4-15)30(23,27)28/h2-12H,13H2,1H3,(H,24,26)(H2,23,27,28). The summed E-state index contributed by atoms with van der Waals surface area (Å²) < 4.78 is 23.7.